The average molecular weight is 264 g/mol. The topological polar surface area (TPSA) is 49.7 Å². The molecule has 19 heavy (non-hydrogen) atoms. The molecule has 0 radical (unpaired) electrons. The number of halogens is 2. The molecule has 0 saturated carbocycles. The molecule has 0 atom stereocenters. The Morgan fingerprint density at radius 2 is 1.63 bits per heavy atom. The van der Waals surface area contributed by atoms with E-state index >= 15 is 0 Å². The molecule has 6 heteroatoms. The summed E-state index contributed by atoms with van der Waals surface area (Å²) in [5.74, 6) is -2.13. The quantitative estimate of drug-likeness (QED) is 0.836. The monoisotopic (exact) mass is 264 g/mol. The van der Waals surface area contributed by atoms with E-state index in [-0.39, 0.29) is 5.56 Å². The molecule has 0 aromatic heterocycles. The predicted octanol–water partition coefficient (Wildman–Crippen LogP) is 2.29. The minimum absolute atomic E-state index is 0.0808. The summed E-state index contributed by atoms with van der Waals surface area (Å²) in [4.78, 5) is 0. The molecular formula is C13H11BF2O3. The van der Waals surface area contributed by atoms with Crippen molar-refractivity contribution in [3.05, 3.63) is 53.6 Å². The van der Waals surface area contributed by atoms with Crippen molar-refractivity contribution in [1.82, 2.24) is 0 Å². The van der Waals surface area contributed by atoms with E-state index in [1.807, 2.05) is 6.92 Å². The summed E-state index contributed by atoms with van der Waals surface area (Å²) in [5, 5.41) is 17.2. The van der Waals surface area contributed by atoms with Crippen LogP contribution in [0.3, 0.4) is 0 Å². The largest absolute Gasteiger partial charge is 0.707 e. The van der Waals surface area contributed by atoms with Gasteiger partial charge in [0, 0.05) is 11.6 Å². The number of benzene rings is 2. The lowest BCUT2D eigenvalue weighted by Crippen LogP contribution is -2.21. The van der Waals surface area contributed by atoms with Crippen molar-refractivity contribution in [2.75, 3.05) is 0 Å². The summed E-state index contributed by atoms with van der Waals surface area (Å²) in [5.41, 5.74) is 1.61. The van der Waals surface area contributed by atoms with Crippen LogP contribution in [0.1, 0.15) is 5.56 Å². The predicted molar refractivity (Wildman–Crippen MR) is 67.4 cm³/mol. The van der Waals surface area contributed by atoms with Gasteiger partial charge in [0.2, 0.25) is 0 Å². The second kappa shape index (κ2) is 5.38. The Bertz CT molecular complexity index is 585. The normalized spacial score (nSPS) is 10.4. The van der Waals surface area contributed by atoms with E-state index in [0.717, 1.165) is 17.7 Å². The molecule has 0 amide bonds. The van der Waals surface area contributed by atoms with Gasteiger partial charge < -0.3 is 14.7 Å². The maximum absolute atomic E-state index is 13.9. The maximum atomic E-state index is 13.9. The van der Waals surface area contributed by atoms with Gasteiger partial charge in [0.15, 0.2) is 5.82 Å². The molecule has 0 bridgehead atoms. The first-order valence-corrected chi connectivity index (χ1v) is 5.56. The molecule has 2 N–H and O–H groups in total. The number of rotatable bonds is 3. The first-order chi connectivity index (χ1) is 8.97. The Morgan fingerprint density at radius 1 is 1.00 bits per heavy atom. The molecule has 0 aliphatic carbocycles. The van der Waals surface area contributed by atoms with Gasteiger partial charge in [0.05, 0.1) is 0 Å². The van der Waals surface area contributed by atoms with E-state index in [4.69, 9.17) is 10.0 Å². The van der Waals surface area contributed by atoms with Crippen molar-refractivity contribution in [1.29, 1.82) is 0 Å². The van der Waals surface area contributed by atoms with Gasteiger partial charge in [-0.15, -0.1) is 0 Å². The highest BCUT2D eigenvalue weighted by atomic mass is 19.1. The second-order valence-electron chi connectivity index (χ2n) is 4.07. The first-order valence-electron chi connectivity index (χ1n) is 5.56. The van der Waals surface area contributed by atoms with Gasteiger partial charge in [-0.2, -0.15) is 0 Å². The Morgan fingerprint density at radius 3 is 2.21 bits per heavy atom. The lowest BCUT2D eigenvalue weighted by molar-refractivity contribution is 0.281. The van der Waals surface area contributed by atoms with E-state index < -0.39 is 24.7 Å². The highest BCUT2D eigenvalue weighted by Gasteiger charge is 2.18. The van der Waals surface area contributed by atoms with Gasteiger partial charge in [0.25, 0.3) is 0 Å². The summed E-state index contributed by atoms with van der Waals surface area (Å²) in [7, 11) is -2.20. The molecule has 0 unspecified atom stereocenters. The fraction of sp³-hybridized carbons (Fsp3) is 0.0769. The van der Waals surface area contributed by atoms with Gasteiger partial charge in [0.1, 0.15) is 11.6 Å². The second-order valence-corrected chi connectivity index (χ2v) is 4.07. The van der Waals surface area contributed by atoms with Crippen LogP contribution in [-0.4, -0.2) is 17.4 Å². The maximum Gasteiger partial charge on any atom is 0.707 e. The van der Waals surface area contributed by atoms with Gasteiger partial charge in [-0.05, 0) is 18.6 Å². The van der Waals surface area contributed by atoms with Crippen LogP contribution in [0.2, 0.25) is 0 Å². The van der Waals surface area contributed by atoms with Crippen molar-refractivity contribution in [2.24, 2.45) is 0 Å². The van der Waals surface area contributed by atoms with E-state index in [2.05, 4.69) is 4.65 Å². The molecule has 0 aliphatic rings. The molecule has 0 fully saturated rings. The zero-order valence-corrected chi connectivity index (χ0v) is 10.1. The van der Waals surface area contributed by atoms with Crippen molar-refractivity contribution < 1.29 is 23.5 Å². The van der Waals surface area contributed by atoms with Crippen LogP contribution < -0.4 is 4.65 Å². The van der Waals surface area contributed by atoms with Crippen LogP contribution in [0.4, 0.5) is 8.78 Å². The molecule has 0 spiro atoms. The van der Waals surface area contributed by atoms with Crippen LogP contribution in [0, 0.1) is 18.6 Å². The number of hydrogen-bond donors (Lipinski definition) is 2. The molecule has 0 saturated heterocycles. The number of aryl methyl sites for hydroxylation is 1. The summed E-state index contributed by atoms with van der Waals surface area (Å²) in [6.45, 7) is 1.89. The zero-order chi connectivity index (χ0) is 14.0. The van der Waals surface area contributed by atoms with E-state index in [0.29, 0.717) is 5.56 Å². The Balaban J connectivity index is 2.43. The minimum Gasteiger partial charge on any atom is -0.509 e. The molecule has 2 aromatic rings. The van der Waals surface area contributed by atoms with Gasteiger partial charge in [-0.1, -0.05) is 29.8 Å². The lowest BCUT2D eigenvalue weighted by atomic mass is 10.0. The summed E-state index contributed by atoms with van der Waals surface area (Å²) < 4.78 is 31.8. The molecule has 3 nitrogen and oxygen atoms in total. The van der Waals surface area contributed by atoms with Crippen LogP contribution in [-0.2, 0) is 0 Å². The van der Waals surface area contributed by atoms with Crippen LogP contribution in [0.25, 0.3) is 11.1 Å². The third-order valence-corrected chi connectivity index (χ3v) is 2.62. The highest BCUT2D eigenvalue weighted by Crippen LogP contribution is 2.29. The minimum atomic E-state index is -2.20. The molecule has 2 aromatic carbocycles. The fourth-order valence-electron chi connectivity index (χ4n) is 1.69. The van der Waals surface area contributed by atoms with Crippen molar-refractivity contribution in [3.8, 4) is 16.9 Å². The van der Waals surface area contributed by atoms with E-state index in [1.54, 1.807) is 24.3 Å². The van der Waals surface area contributed by atoms with E-state index in [1.165, 1.54) is 0 Å². The van der Waals surface area contributed by atoms with Crippen molar-refractivity contribution in [2.45, 2.75) is 6.92 Å². The molecule has 2 rings (SSSR count). The number of hydrogen-bond acceptors (Lipinski definition) is 3. The van der Waals surface area contributed by atoms with Gasteiger partial charge in [-0.25, -0.2) is 8.78 Å². The fourth-order valence-corrected chi connectivity index (χ4v) is 1.69. The molecule has 0 aliphatic heterocycles. The standard InChI is InChI=1S/C13H11BF2O3/c1-8-2-4-9(5-3-8)10-6-12(16)13(7-11(10)15)19-14(17)18/h2-7,17-18H,1H3. The summed E-state index contributed by atoms with van der Waals surface area (Å²) >= 11 is 0. The first kappa shape index (κ1) is 13.5. The van der Waals surface area contributed by atoms with E-state index in [9.17, 15) is 8.78 Å². The van der Waals surface area contributed by atoms with Crippen LogP contribution >= 0.6 is 0 Å². The highest BCUT2D eigenvalue weighted by molar-refractivity contribution is 6.33. The molecular weight excluding hydrogens is 253 g/mol. The SMILES string of the molecule is Cc1ccc(-c2cc(F)c(OB(O)O)cc2F)cc1. The molecule has 0 heterocycles. The van der Waals surface area contributed by atoms with Crippen molar-refractivity contribution in [3.63, 3.8) is 0 Å². The van der Waals surface area contributed by atoms with Crippen LogP contribution in [0.5, 0.6) is 5.75 Å². The lowest BCUT2D eigenvalue weighted by Gasteiger charge is -2.09. The Labute approximate surface area is 109 Å². The average Bonchev–Trinajstić information content (AvgIpc) is 2.34. The Hall–Kier alpha value is -1.92. The molecule has 98 valence electrons. The zero-order valence-electron chi connectivity index (χ0n) is 10.1. The smallest absolute Gasteiger partial charge is 0.509 e. The van der Waals surface area contributed by atoms with Crippen LogP contribution in [0.15, 0.2) is 36.4 Å². The Kier molecular flexibility index (Phi) is 3.83. The van der Waals surface area contributed by atoms with Gasteiger partial charge in [-0.3, -0.25) is 0 Å². The van der Waals surface area contributed by atoms with Crippen molar-refractivity contribution >= 4 is 7.32 Å². The summed E-state index contributed by atoms with van der Waals surface area (Å²) in [6, 6.07) is 8.66. The third kappa shape index (κ3) is 3.10. The van der Waals surface area contributed by atoms with Gasteiger partial charge >= 0.3 is 7.32 Å². The third-order valence-electron chi connectivity index (χ3n) is 2.62. The summed E-state index contributed by atoms with van der Waals surface area (Å²) in [6.07, 6.45) is 0.